The summed E-state index contributed by atoms with van der Waals surface area (Å²) in [4.78, 5) is 1.06. The Bertz CT molecular complexity index is 729. The minimum Gasteiger partial charge on any atom is -0.494 e. The second-order valence-electron chi connectivity index (χ2n) is 4.23. The molecule has 0 aliphatic carbocycles. The maximum atomic E-state index is 13.6. The predicted molar refractivity (Wildman–Crippen MR) is 80.8 cm³/mol. The van der Waals surface area contributed by atoms with E-state index >= 15 is 0 Å². The van der Waals surface area contributed by atoms with E-state index in [9.17, 15) is 12.8 Å². The molecule has 0 saturated heterocycles. The number of halogens is 1. The van der Waals surface area contributed by atoms with Gasteiger partial charge in [0.05, 0.1) is 17.7 Å². The summed E-state index contributed by atoms with van der Waals surface area (Å²) in [7, 11) is -0.594. The molecule has 1 heterocycles. The molecule has 0 unspecified atom stereocenters. The van der Waals surface area contributed by atoms with E-state index in [-0.39, 0.29) is 16.3 Å². The molecule has 0 spiro atoms. The molecule has 0 aliphatic heterocycles. The molecule has 0 bridgehead atoms. The molecule has 0 saturated carbocycles. The lowest BCUT2D eigenvalue weighted by Gasteiger charge is -2.08. The van der Waals surface area contributed by atoms with Crippen LogP contribution in [0.3, 0.4) is 0 Å². The van der Waals surface area contributed by atoms with Crippen LogP contribution in [0.25, 0.3) is 0 Å². The summed E-state index contributed by atoms with van der Waals surface area (Å²) in [6, 6.07) is 5.48. The highest BCUT2D eigenvalue weighted by atomic mass is 32.2. The summed E-state index contributed by atoms with van der Waals surface area (Å²) >= 11 is 1.35. The van der Waals surface area contributed by atoms with Crippen molar-refractivity contribution >= 4 is 27.0 Å². The molecule has 21 heavy (non-hydrogen) atoms. The molecular formula is C13H15FN2O3S2. The highest BCUT2D eigenvalue weighted by Gasteiger charge is 2.17. The topological polar surface area (TPSA) is 67.4 Å². The normalized spacial score (nSPS) is 11.4. The maximum absolute atomic E-state index is 13.6. The molecule has 5 nitrogen and oxygen atoms in total. The lowest BCUT2D eigenvalue weighted by atomic mass is 10.3. The molecule has 1 aromatic heterocycles. The van der Waals surface area contributed by atoms with Gasteiger partial charge in [-0.25, -0.2) is 12.8 Å². The van der Waals surface area contributed by atoms with Crippen molar-refractivity contribution in [2.24, 2.45) is 0 Å². The lowest BCUT2D eigenvalue weighted by Crippen LogP contribution is -2.12. The Morgan fingerprint density at radius 2 is 2.10 bits per heavy atom. The molecule has 2 rings (SSSR count). The summed E-state index contributed by atoms with van der Waals surface area (Å²) in [5, 5.41) is 4.50. The number of nitrogens with one attached hydrogen (secondary N) is 2. The van der Waals surface area contributed by atoms with E-state index in [1.54, 1.807) is 18.5 Å². The number of thiophene rings is 1. The number of rotatable bonds is 6. The zero-order chi connectivity index (χ0) is 15.5. The van der Waals surface area contributed by atoms with Crippen molar-refractivity contribution in [2.75, 3.05) is 18.9 Å². The van der Waals surface area contributed by atoms with Crippen LogP contribution in [-0.4, -0.2) is 22.6 Å². The van der Waals surface area contributed by atoms with Crippen LogP contribution in [0.2, 0.25) is 0 Å². The van der Waals surface area contributed by atoms with E-state index in [0.29, 0.717) is 6.54 Å². The van der Waals surface area contributed by atoms with Crippen LogP contribution in [0.15, 0.2) is 34.5 Å². The zero-order valence-electron chi connectivity index (χ0n) is 11.5. The van der Waals surface area contributed by atoms with Crippen molar-refractivity contribution in [3.8, 4) is 5.75 Å². The number of hydrogen-bond acceptors (Lipinski definition) is 5. The molecule has 0 amide bonds. The average molecular weight is 330 g/mol. The number of ether oxygens (including phenoxy) is 1. The lowest BCUT2D eigenvalue weighted by molar-refractivity contribution is 0.386. The van der Waals surface area contributed by atoms with Gasteiger partial charge in [-0.05, 0) is 25.2 Å². The summed E-state index contributed by atoms with van der Waals surface area (Å²) in [5.74, 6) is -0.566. The Morgan fingerprint density at radius 3 is 2.71 bits per heavy atom. The van der Waals surface area contributed by atoms with Crippen molar-refractivity contribution < 1.29 is 17.5 Å². The number of sulfonamides is 1. The van der Waals surface area contributed by atoms with Gasteiger partial charge in [-0.2, -0.15) is 0 Å². The van der Waals surface area contributed by atoms with E-state index < -0.39 is 15.8 Å². The van der Waals surface area contributed by atoms with Crippen LogP contribution in [0.4, 0.5) is 10.1 Å². The van der Waals surface area contributed by atoms with E-state index in [1.807, 2.05) is 0 Å². The summed E-state index contributed by atoms with van der Waals surface area (Å²) in [6.45, 7) is 0.595. The Morgan fingerprint density at radius 1 is 1.33 bits per heavy atom. The molecule has 114 valence electrons. The second-order valence-corrected chi connectivity index (χ2v) is 6.91. The first-order valence-corrected chi connectivity index (χ1v) is 8.41. The third-order valence-corrected chi connectivity index (χ3v) is 5.14. The largest absolute Gasteiger partial charge is 0.494 e. The Hall–Kier alpha value is -1.64. The monoisotopic (exact) mass is 330 g/mol. The van der Waals surface area contributed by atoms with Crippen LogP contribution < -0.4 is 14.8 Å². The van der Waals surface area contributed by atoms with Gasteiger partial charge in [0.25, 0.3) is 10.0 Å². The molecule has 0 atom stereocenters. The zero-order valence-corrected chi connectivity index (χ0v) is 13.1. The highest BCUT2D eigenvalue weighted by Crippen LogP contribution is 2.25. The Kier molecular flexibility index (Phi) is 4.81. The van der Waals surface area contributed by atoms with Gasteiger partial charge in [-0.3, -0.25) is 4.72 Å². The van der Waals surface area contributed by atoms with Crippen LogP contribution in [-0.2, 0) is 16.6 Å². The van der Waals surface area contributed by atoms with Gasteiger partial charge in [-0.1, -0.05) is 0 Å². The fourth-order valence-electron chi connectivity index (χ4n) is 1.71. The third kappa shape index (κ3) is 3.72. The summed E-state index contributed by atoms with van der Waals surface area (Å²) in [6.07, 6.45) is 0. The fourth-order valence-corrected chi connectivity index (χ4v) is 4.05. The van der Waals surface area contributed by atoms with Gasteiger partial charge in [0, 0.05) is 22.9 Å². The molecule has 2 aromatic rings. The van der Waals surface area contributed by atoms with Gasteiger partial charge in [0.2, 0.25) is 0 Å². The van der Waals surface area contributed by atoms with E-state index in [1.165, 1.54) is 30.6 Å². The standard InChI is InChI=1S/C13H15FN2O3S2/c1-15-7-10-6-11(8-20-10)21(17,18)16-9-3-4-13(19-2)12(14)5-9/h3-6,8,15-16H,7H2,1-2H3. The SMILES string of the molecule is CNCc1cc(S(=O)(=O)Nc2ccc(OC)c(F)c2)cs1. The van der Waals surface area contributed by atoms with E-state index in [4.69, 9.17) is 4.74 Å². The van der Waals surface area contributed by atoms with Gasteiger partial charge in [0.1, 0.15) is 0 Å². The Balaban J connectivity index is 2.22. The van der Waals surface area contributed by atoms with E-state index in [2.05, 4.69) is 10.0 Å². The quantitative estimate of drug-likeness (QED) is 0.853. The summed E-state index contributed by atoms with van der Waals surface area (Å²) in [5.41, 5.74) is 0.148. The number of methoxy groups -OCH3 is 1. The van der Waals surface area contributed by atoms with Crippen molar-refractivity contribution in [2.45, 2.75) is 11.4 Å². The van der Waals surface area contributed by atoms with Crippen LogP contribution in [0.1, 0.15) is 4.88 Å². The van der Waals surface area contributed by atoms with Crippen molar-refractivity contribution in [3.05, 3.63) is 40.3 Å². The average Bonchev–Trinajstić information content (AvgIpc) is 2.88. The van der Waals surface area contributed by atoms with Crippen LogP contribution in [0.5, 0.6) is 5.75 Å². The molecule has 2 N–H and O–H groups in total. The molecule has 1 aromatic carbocycles. The number of anilines is 1. The van der Waals surface area contributed by atoms with Gasteiger partial charge in [0.15, 0.2) is 11.6 Å². The fraction of sp³-hybridized carbons (Fsp3) is 0.231. The first-order valence-electron chi connectivity index (χ1n) is 6.04. The van der Waals surface area contributed by atoms with Gasteiger partial charge < -0.3 is 10.1 Å². The molecule has 0 aliphatic rings. The summed E-state index contributed by atoms with van der Waals surface area (Å²) < 4.78 is 45.1. The van der Waals surface area contributed by atoms with Gasteiger partial charge in [-0.15, -0.1) is 11.3 Å². The molecule has 8 heteroatoms. The molecule has 0 fully saturated rings. The first-order chi connectivity index (χ1) is 9.96. The highest BCUT2D eigenvalue weighted by molar-refractivity contribution is 7.92. The number of benzene rings is 1. The van der Waals surface area contributed by atoms with Crippen LogP contribution in [0, 0.1) is 5.82 Å². The molecular weight excluding hydrogens is 315 g/mol. The predicted octanol–water partition coefficient (Wildman–Crippen LogP) is 2.42. The van der Waals surface area contributed by atoms with Gasteiger partial charge >= 0.3 is 0 Å². The second kappa shape index (κ2) is 6.42. The first kappa shape index (κ1) is 15.7. The third-order valence-electron chi connectivity index (χ3n) is 2.70. The smallest absolute Gasteiger partial charge is 0.262 e. The number of hydrogen-bond donors (Lipinski definition) is 2. The van der Waals surface area contributed by atoms with Crippen LogP contribution >= 0.6 is 11.3 Å². The minimum absolute atomic E-state index is 0.0600. The minimum atomic E-state index is -3.72. The van der Waals surface area contributed by atoms with Crippen molar-refractivity contribution in [1.29, 1.82) is 0 Å². The Labute approximate surface area is 126 Å². The maximum Gasteiger partial charge on any atom is 0.262 e. The molecule has 0 radical (unpaired) electrons. The van der Waals surface area contributed by atoms with Crippen molar-refractivity contribution in [1.82, 2.24) is 5.32 Å². The van der Waals surface area contributed by atoms with E-state index in [0.717, 1.165) is 10.9 Å². The van der Waals surface area contributed by atoms with Crippen molar-refractivity contribution in [3.63, 3.8) is 0 Å².